The van der Waals surface area contributed by atoms with Gasteiger partial charge in [-0.15, -0.1) is 0 Å². The number of aliphatic hydroxyl groups is 3. The minimum Gasteiger partial charge on any atom is -0.465 e. The van der Waals surface area contributed by atoms with Crippen LogP contribution in [0.4, 0.5) is 0 Å². The van der Waals surface area contributed by atoms with Crippen molar-refractivity contribution in [1.82, 2.24) is 0 Å². The van der Waals surface area contributed by atoms with Crippen molar-refractivity contribution >= 4 is 11.9 Å². The van der Waals surface area contributed by atoms with Crippen LogP contribution in [0.15, 0.2) is 0 Å². The fraction of sp³-hybridized carbons (Fsp3) is 0.846. The second kappa shape index (κ2) is 7.56. The Kier molecular flexibility index (Phi) is 6.38. The summed E-state index contributed by atoms with van der Waals surface area (Å²) >= 11 is 0. The van der Waals surface area contributed by atoms with E-state index in [0.29, 0.717) is 0 Å². The number of hydrogen-bond donors (Lipinski definition) is 3. The number of carbonyl (C=O) groups excluding carboxylic acids is 2. The van der Waals surface area contributed by atoms with Crippen LogP contribution in [0.25, 0.3) is 0 Å². The quantitative estimate of drug-likeness (QED) is 0.428. The molecule has 0 aromatic rings. The number of hydrogen-bond acceptors (Lipinski definition) is 7. The highest BCUT2D eigenvalue weighted by Crippen LogP contribution is 2.37. The van der Waals surface area contributed by atoms with Gasteiger partial charge in [-0.2, -0.15) is 0 Å². The molecule has 0 radical (unpaired) electrons. The van der Waals surface area contributed by atoms with Gasteiger partial charge in [-0.25, -0.2) is 0 Å². The third-order valence-corrected chi connectivity index (χ3v) is 3.59. The van der Waals surface area contributed by atoms with Gasteiger partial charge in [0.15, 0.2) is 5.92 Å². The summed E-state index contributed by atoms with van der Waals surface area (Å²) in [6.07, 6.45) is -2.29. The molecule has 1 aliphatic rings. The SMILES string of the molecule is CCOC(=O)C(C(=O)OCC)[C@@H]1C[C@H](CO)[C@H](O)[C@@H]1O. The molecule has 3 N–H and O–H groups in total. The molecule has 0 bridgehead atoms. The fourth-order valence-corrected chi connectivity index (χ4v) is 2.59. The van der Waals surface area contributed by atoms with Gasteiger partial charge in [0.05, 0.1) is 25.4 Å². The molecule has 1 saturated carbocycles. The van der Waals surface area contributed by atoms with Gasteiger partial charge in [0.2, 0.25) is 0 Å². The van der Waals surface area contributed by atoms with E-state index < -0.39 is 41.9 Å². The van der Waals surface area contributed by atoms with Crippen LogP contribution < -0.4 is 0 Å². The maximum Gasteiger partial charge on any atom is 0.320 e. The first-order valence-corrected chi connectivity index (χ1v) is 6.78. The summed E-state index contributed by atoms with van der Waals surface area (Å²) in [6.45, 7) is 3.09. The van der Waals surface area contributed by atoms with E-state index in [4.69, 9.17) is 14.6 Å². The summed E-state index contributed by atoms with van der Waals surface area (Å²) in [4.78, 5) is 23.8. The Hall–Kier alpha value is -1.18. The molecule has 0 heterocycles. The first-order chi connectivity index (χ1) is 9.47. The zero-order valence-corrected chi connectivity index (χ0v) is 11.7. The van der Waals surface area contributed by atoms with Crippen LogP contribution in [0, 0.1) is 17.8 Å². The molecule has 116 valence electrons. The number of ether oxygens (including phenoxy) is 2. The Morgan fingerprint density at radius 1 is 1.10 bits per heavy atom. The smallest absolute Gasteiger partial charge is 0.320 e. The Bertz CT molecular complexity index is 326. The maximum absolute atomic E-state index is 11.9. The molecular weight excluding hydrogens is 268 g/mol. The third kappa shape index (κ3) is 3.47. The van der Waals surface area contributed by atoms with Crippen LogP contribution in [0.3, 0.4) is 0 Å². The van der Waals surface area contributed by atoms with Crippen LogP contribution in [0.5, 0.6) is 0 Å². The van der Waals surface area contributed by atoms with Crippen molar-refractivity contribution in [2.75, 3.05) is 19.8 Å². The Labute approximate surface area is 117 Å². The van der Waals surface area contributed by atoms with E-state index in [2.05, 4.69) is 0 Å². The summed E-state index contributed by atoms with van der Waals surface area (Å²) in [5.41, 5.74) is 0. The van der Waals surface area contributed by atoms with E-state index in [-0.39, 0.29) is 26.2 Å². The molecule has 20 heavy (non-hydrogen) atoms. The van der Waals surface area contributed by atoms with Crippen molar-refractivity contribution in [3.63, 3.8) is 0 Å². The molecule has 0 aromatic heterocycles. The highest BCUT2D eigenvalue weighted by atomic mass is 16.6. The predicted molar refractivity (Wildman–Crippen MR) is 67.5 cm³/mol. The zero-order chi connectivity index (χ0) is 15.3. The second-order valence-corrected chi connectivity index (χ2v) is 4.81. The standard InChI is InChI=1S/C13H22O7/c1-3-19-12(17)9(13(18)20-4-2)8-5-7(6-14)10(15)11(8)16/h7-11,14-16H,3-6H2,1-2H3/t7-,8+,10+,11-/m1/s1. The van der Waals surface area contributed by atoms with Gasteiger partial charge in [0.25, 0.3) is 0 Å². The van der Waals surface area contributed by atoms with Crippen molar-refractivity contribution in [2.45, 2.75) is 32.5 Å². The van der Waals surface area contributed by atoms with Gasteiger partial charge in [0, 0.05) is 18.4 Å². The molecule has 0 unspecified atom stereocenters. The lowest BCUT2D eigenvalue weighted by molar-refractivity contribution is -0.166. The second-order valence-electron chi connectivity index (χ2n) is 4.81. The number of rotatable bonds is 6. The first kappa shape index (κ1) is 16.9. The molecule has 0 aromatic carbocycles. The lowest BCUT2D eigenvalue weighted by Crippen LogP contribution is -2.40. The van der Waals surface area contributed by atoms with Crippen LogP contribution in [-0.4, -0.2) is 59.3 Å². The predicted octanol–water partition coefficient (Wildman–Crippen LogP) is -0.921. The van der Waals surface area contributed by atoms with Crippen LogP contribution >= 0.6 is 0 Å². The van der Waals surface area contributed by atoms with Crippen molar-refractivity contribution in [3.05, 3.63) is 0 Å². The number of aliphatic hydroxyl groups excluding tert-OH is 3. The van der Waals surface area contributed by atoms with Gasteiger partial charge >= 0.3 is 11.9 Å². The van der Waals surface area contributed by atoms with E-state index >= 15 is 0 Å². The normalized spacial score (nSPS) is 29.5. The summed E-state index contributed by atoms with van der Waals surface area (Å²) in [7, 11) is 0. The lowest BCUT2D eigenvalue weighted by Gasteiger charge is -2.23. The van der Waals surface area contributed by atoms with E-state index in [1.165, 1.54) is 0 Å². The molecule has 7 nitrogen and oxygen atoms in total. The molecular formula is C13H22O7. The Morgan fingerprint density at radius 3 is 1.95 bits per heavy atom. The highest BCUT2D eigenvalue weighted by Gasteiger charge is 2.50. The van der Waals surface area contributed by atoms with Gasteiger partial charge in [0.1, 0.15) is 0 Å². The summed E-state index contributed by atoms with van der Waals surface area (Å²) in [5, 5.41) is 28.9. The lowest BCUT2D eigenvalue weighted by atomic mass is 9.88. The van der Waals surface area contributed by atoms with E-state index in [1.807, 2.05) is 0 Å². The summed E-state index contributed by atoms with van der Waals surface area (Å²) < 4.78 is 9.68. The Morgan fingerprint density at radius 2 is 1.60 bits per heavy atom. The molecule has 1 rings (SSSR count). The average Bonchev–Trinajstić information content (AvgIpc) is 2.68. The largest absolute Gasteiger partial charge is 0.465 e. The summed E-state index contributed by atoms with van der Waals surface area (Å²) in [5.74, 6) is -4.22. The van der Waals surface area contributed by atoms with E-state index in [9.17, 15) is 19.8 Å². The molecule has 0 saturated heterocycles. The van der Waals surface area contributed by atoms with Crippen LogP contribution in [-0.2, 0) is 19.1 Å². The van der Waals surface area contributed by atoms with Crippen molar-refractivity contribution in [3.8, 4) is 0 Å². The van der Waals surface area contributed by atoms with Crippen LogP contribution in [0.1, 0.15) is 20.3 Å². The topological polar surface area (TPSA) is 113 Å². The zero-order valence-electron chi connectivity index (χ0n) is 11.7. The molecule has 1 aliphatic carbocycles. The van der Waals surface area contributed by atoms with Crippen molar-refractivity contribution < 1.29 is 34.4 Å². The van der Waals surface area contributed by atoms with Gasteiger partial charge in [-0.05, 0) is 20.3 Å². The minimum atomic E-state index is -1.28. The highest BCUT2D eigenvalue weighted by molar-refractivity contribution is 5.95. The molecule has 0 amide bonds. The van der Waals surface area contributed by atoms with E-state index in [1.54, 1.807) is 13.8 Å². The van der Waals surface area contributed by atoms with Gasteiger partial charge in [-0.1, -0.05) is 0 Å². The van der Waals surface area contributed by atoms with E-state index in [0.717, 1.165) is 0 Å². The maximum atomic E-state index is 11.9. The molecule has 7 heteroatoms. The van der Waals surface area contributed by atoms with Crippen molar-refractivity contribution in [2.24, 2.45) is 17.8 Å². The number of carbonyl (C=O) groups is 2. The molecule has 0 spiro atoms. The number of esters is 2. The molecule has 0 aliphatic heterocycles. The van der Waals surface area contributed by atoms with Gasteiger partial charge in [-0.3, -0.25) is 9.59 Å². The monoisotopic (exact) mass is 290 g/mol. The average molecular weight is 290 g/mol. The molecule has 4 atom stereocenters. The van der Waals surface area contributed by atoms with Crippen molar-refractivity contribution in [1.29, 1.82) is 0 Å². The molecule has 1 fully saturated rings. The minimum absolute atomic E-state index is 0.101. The summed E-state index contributed by atoms with van der Waals surface area (Å²) in [6, 6.07) is 0. The first-order valence-electron chi connectivity index (χ1n) is 6.78. The van der Waals surface area contributed by atoms with Crippen LogP contribution in [0.2, 0.25) is 0 Å². The van der Waals surface area contributed by atoms with Gasteiger partial charge < -0.3 is 24.8 Å². The Balaban J connectivity index is 2.93. The fourth-order valence-electron chi connectivity index (χ4n) is 2.59. The third-order valence-electron chi connectivity index (χ3n) is 3.59.